The first-order valence-electron chi connectivity index (χ1n) is 17.7. The maximum atomic E-state index is 15.4. The first-order chi connectivity index (χ1) is 27.7. The number of carbonyl (C=O) groups excluding carboxylic acids is 1. The Balaban J connectivity index is 1.42. The Morgan fingerprint density at radius 3 is 2.28 bits per heavy atom. The number of pyridine rings is 1. The van der Waals surface area contributed by atoms with Crippen LogP contribution in [0.2, 0.25) is 5.02 Å². The fourth-order valence-corrected chi connectivity index (χ4v) is 7.79. The van der Waals surface area contributed by atoms with E-state index in [1.54, 1.807) is 0 Å². The molecule has 1 amide bonds. The van der Waals surface area contributed by atoms with E-state index in [0.29, 0.717) is 10.7 Å². The van der Waals surface area contributed by atoms with Crippen molar-refractivity contribution >= 4 is 44.1 Å². The number of benzene rings is 2. The molecule has 3 heterocycles. The van der Waals surface area contributed by atoms with Gasteiger partial charge in [-0.3, -0.25) is 14.2 Å². The van der Waals surface area contributed by atoms with Crippen molar-refractivity contribution in [1.29, 1.82) is 0 Å². The van der Waals surface area contributed by atoms with E-state index in [0.717, 1.165) is 18.4 Å². The summed E-state index contributed by atoms with van der Waals surface area (Å²) in [5, 5.41) is 9.45. The van der Waals surface area contributed by atoms with E-state index < -0.39 is 111 Å². The predicted octanol–water partition coefficient (Wildman–Crippen LogP) is 7.87. The average molecular weight is 890 g/mol. The maximum Gasteiger partial charge on any atom is 0.435 e. The monoisotopic (exact) mass is 889 g/mol. The van der Waals surface area contributed by atoms with E-state index in [-0.39, 0.29) is 55.1 Å². The summed E-state index contributed by atoms with van der Waals surface area (Å²) >= 11 is 6.38. The molecule has 0 radical (unpaired) electrons. The van der Waals surface area contributed by atoms with Gasteiger partial charge in [0.1, 0.15) is 40.9 Å². The SMILES string of the molecule is CC(C)(C#Cc1ccc(-c2ccc(Cl)c3c(N)nn(CC(F)(F)F)c23)c([C@H](Cc2cc(F)cc(F)c2)NC(=O)Cn2nc(C(F)(F)F)c3c2C(F)(F)[C@@H]2C[C@H]32)n1)S(C)(=O)=O. The van der Waals surface area contributed by atoms with Crippen LogP contribution in [0.15, 0.2) is 42.5 Å². The van der Waals surface area contributed by atoms with E-state index in [9.17, 15) is 48.3 Å². The summed E-state index contributed by atoms with van der Waals surface area (Å²) < 4.78 is 168. The number of carbonyl (C=O) groups is 1. The van der Waals surface area contributed by atoms with Gasteiger partial charge in [-0.15, -0.1) is 0 Å². The van der Waals surface area contributed by atoms with Gasteiger partial charge in [0, 0.05) is 34.9 Å². The van der Waals surface area contributed by atoms with Crippen LogP contribution in [-0.2, 0) is 46.2 Å². The van der Waals surface area contributed by atoms with Crippen molar-refractivity contribution in [2.45, 2.75) is 74.8 Å². The van der Waals surface area contributed by atoms with Crippen LogP contribution in [0.4, 0.5) is 49.7 Å². The number of nitrogens with two attached hydrogens (primary N) is 1. The molecule has 2 aromatic carbocycles. The zero-order chi connectivity index (χ0) is 44.1. The summed E-state index contributed by atoms with van der Waals surface area (Å²) in [6, 6.07) is 5.79. The molecule has 0 aliphatic heterocycles. The molecule has 10 nitrogen and oxygen atoms in total. The lowest BCUT2D eigenvalue weighted by atomic mass is 9.93. The van der Waals surface area contributed by atoms with Crippen LogP contribution in [0.5, 0.6) is 0 Å². The summed E-state index contributed by atoms with van der Waals surface area (Å²) in [5.41, 5.74) is 1.61. The number of rotatable bonds is 9. The van der Waals surface area contributed by atoms with Crippen LogP contribution in [0.1, 0.15) is 66.1 Å². The van der Waals surface area contributed by atoms with E-state index in [2.05, 4.69) is 32.3 Å². The molecule has 0 unspecified atom stereocenters. The van der Waals surface area contributed by atoms with Gasteiger partial charge in [-0.2, -0.15) is 45.3 Å². The number of aromatic nitrogens is 5. The topological polar surface area (TPSA) is 138 Å². The highest BCUT2D eigenvalue weighted by Crippen LogP contribution is 2.68. The molecule has 3 atom stereocenters. The quantitative estimate of drug-likeness (QED) is 0.114. The lowest BCUT2D eigenvalue weighted by molar-refractivity contribution is -0.142. The molecule has 0 spiro atoms. The lowest BCUT2D eigenvalue weighted by Crippen LogP contribution is -2.35. The fourth-order valence-electron chi connectivity index (χ4n) is 7.30. The van der Waals surface area contributed by atoms with Crippen molar-refractivity contribution in [2.24, 2.45) is 5.92 Å². The Labute approximate surface area is 339 Å². The van der Waals surface area contributed by atoms with Crippen LogP contribution in [0, 0.1) is 29.4 Å². The Morgan fingerprint density at radius 1 is 1.02 bits per heavy atom. The molecule has 3 aromatic heterocycles. The molecule has 0 saturated heterocycles. The number of halogens is 11. The second kappa shape index (κ2) is 14.4. The largest absolute Gasteiger partial charge is 0.435 e. The van der Waals surface area contributed by atoms with Gasteiger partial charge in [0.2, 0.25) is 5.91 Å². The van der Waals surface area contributed by atoms with Gasteiger partial charge in [0.05, 0.1) is 27.7 Å². The maximum absolute atomic E-state index is 15.4. The number of hydrogen-bond donors (Lipinski definition) is 2. The van der Waals surface area contributed by atoms with Crippen LogP contribution in [0.25, 0.3) is 22.0 Å². The van der Waals surface area contributed by atoms with E-state index in [4.69, 9.17) is 17.3 Å². The summed E-state index contributed by atoms with van der Waals surface area (Å²) in [6.07, 6.45) is -9.85. The number of nitrogen functional groups attached to an aromatic ring is 1. The van der Waals surface area contributed by atoms with Crippen LogP contribution >= 0.6 is 11.6 Å². The van der Waals surface area contributed by atoms with Crippen molar-refractivity contribution in [3.05, 3.63) is 93.0 Å². The highest BCUT2D eigenvalue weighted by Gasteiger charge is 2.68. The number of hydrogen-bond acceptors (Lipinski definition) is 7. The number of alkyl halides is 8. The van der Waals surface area contributed by atoms with Crippen molar-refractivity contribution in [3.8, 4) is 23.0 Å². The molecule has 5 aromatic rings. The Kier molecular flexibility index (Phi) is 10.3. The van der Waals surface area contributed by atoms with Gasteiger partial charge in [0.15, 0.2) is 21.3 Å². The highest BCUT2D eigenvalue weighted by molar-refractivity contribution is 7.92. The first-order valence-corrected chi connectivity index (χ1v) is 20.0. The smallest absolute Gasteiger partial charge is 0.382 e. The number of nitrogens with one attached hydrogen (secondary N) is 1. The van der Waals surface area contributed by atoms with E-state index >= 15 is 8.78 Å². The van der Waals surface area contributed by atoms with Gasteiger partial charge in [-0.25, -0.2) is 22.2 Å². The van der Waals surface area contributed by atoms with Crippen molar-refractivity contribution in [3.63, 3.8) is 0 Å². The Hall–Kier alpha value is -5.36. The highest BCUT2D eigenvalue weighted by atomic mass is 35.5. The van der Waals surface area contributed by atoms with Gasteiger partial charge in [-0.05, 0) is 74.4 Å². The van der Waals surface area contributed by atoms with Crippen molar-refractivity contribution in [1.82, 2.24) is 29.9 Å². The minimum Gasteiger partial charge on any atom is -0.382 e. The molecule has 60 heavy (non-hydrogen) atoms. The summed E-state index contributed by atoms with van der Waals surface area (Å²) in [4.78, 5) is 18.4. The molecule has 3 N–H and O–H groups in total. The molecular weight excluding hydrogens is 860 g/mol. The molecule has 7 rings (SSSR count). The Bertz CT molecular complexity index is 2750. The summed E-state index contributed by atoms with van der Waals surface area (Å²) in [5.74, 6) is -4.90. The minimum atomic E-state index is -5.15. The second-order valence-electron chi connectivity index (χ2n) is 15.1. The Morgan fingerprint density at radius 2 is 1.67 bits per heavy atom. The van der Waals surface area contributed by atoms with Gasteiger partial charge in [0.25, 0.3) is 5.92 Å². The lowest BCUT2D eigenvalue weighted by Gasteiger charge is -2.23. The molecule has 2 aliphatic carbocycles. The average Bonchev–Trinajstić information content (AvgIpc) is 3.64. The third-order valence-electron chi connectivity index (χ3n) is 10.4. The minimum absolute atomic E-state index is 0.0791. The second-order valence-corrected chi connectivity index (χ2v) is 18.1. The predicted molar refractivity (Wildman–Crippen MR) is 197 cm³/mol. The van der Waals surface area contributed by atoms with Gasteiger partial charge >= 0.3 is 12.4 Å². The third-order valence-corrected chi connectivity index (χ3v) is 12.6. The fraction of sp³-hybridized carbons (Fsp3) is 0.368. The van der Waals surface area contributed by atoms with E-state index in [1.165, 1.54) is 38.1 Å². The third kappa shape index (κ3) is 7.98. The van der Waals surface area contributed by atoms with E-state index in [1.807, 2.05) is 0 Å². The molecule has 1 fully saturated rings. The van der Waals surface area contributed by atoms with Gasteiger partial charge in [-0.1, -0.05) is 23.6 Å². The molecule has 2 aliphatic rings. The number of anilines is 1. The molecule has 0 bridgehead atoms. The van der Waals surface area contributed by atoms with Crippen LogP contribution in [-0.4, -0.2) is 56.0 Å². The summed E-state index contributed by atoms with van der Waals surface area (Å²) in [6.45, 7) is -0.277. The standard InChI is InChI=1S/C38H30ClF10N7O3S/c1-35(2,60(3,58)59)9-8-20-4-5-21(22-6-7-25(39)29-31(22)56(54-34(29)50)16-36(42,43)44)30(51-20)26(12-17-10-18(40)13-19(41)11-17)52-27(57)15-55-33-28(32(53-55)38(47,48)49)23-14-24(23)37(33,45)46/h4-7,10-11,13,23-24,26H,12,14-16H2,1-3H3,(H2,50,54)(H,52,57)/t23-,24+,26-/m0/s1. The first kappa shape index (κ1) is 42.8. The van der Waals surface area contributed by atoms with Crippen LogP contribution < -0.4 is 11.1 Å². The van der Waals surface area contributed by atoms with Crippen molar-refractivity contribution in [2.75, 3.05) is 12.0 Å². The molecule has 1 saturated carbocycles. The number of nitrogens with zero attached hydrogens (tertiary/aromatic N) is 5. The molecule has 22 heteroatoms. The normalized spacial score (nSPS) is 17.8. The van der Waals surface area contributed by atoms with Gasteiger partial charge < -0.3 is 11.1 Å². The number of amides is 1. The van der Waals surface area contributed by atoms with Crippen molar-refractivity contribution < 1.29 is 57.1 Å². The zero-order valence-corrected chi connectivity index (χ0v) is 32.8. The number of sulfone groups is 1. The zero-order valence-electron chi connectivity index (χ0n) is 31.2. The number of fused-ring (bicyclic) bond motifs is 4. The molecule has 318 valence electrons. The summed E-state index contributed by atoms with van der Waals surface area (Å²) in [7, 11) is -3.80. The van der Waals surface area contributed by atoms with Crippen LogP contribution in [0.3, 0.4) is 0 Å². The molecular formula is C38H30ClF10N7O3S.